The lowest BCUT2D eigenvalue weighted by atomic mass is 9.89. The zero-order valence-electron chi connectivity index (χ0n) is 16.1. The average Bonchev–Trinajstić information content (AvgIpc) is 3.18. The second kappa shape index (κ2) is 7.97. The highest BCUT2D eigenvalue weighted by atomic mass is 16.5. The Hall–Kier alpha value is -2.59. The lowest BCUT2D eigenvalue weighted by Crippen LogP contribution is -2.32. The molecular weight excluding hydrogens is 334 g/mol. The smallest absolute Gasteiger partial charge is 0.119 e. The highest BCUT2D eigenvalue weighted by Crippen LogP contribution is 2.35. The van der Waals surface area contributed by atoms with Crippen molar-refractivity contribution in [1.82, 2.24) is 15.1 Å². The molecule has 0 radical (unpaired) electrons. The zero-order valence-corrected chi connectivity index (χ0v) is 16.1. The van der Waals surface area contributed by atoms with Crippen molar-refractivity contribution in [2.75, 3.05) is 20.2 Å². The molecule has 1 aliphatic rings. The highest BCUT2D eigenvalue weighted by Gasteiger charge is 2.24. The van der Waals surface area contributed by atoms with Gasteiger partial charge in [0.1, 0.15) is 5.75 Å². The average molecular weight is 361 g/mol. The summed E-state index contributed by atoms with van der Waals surface area (Å²) >= 11 is 0. The van der Waals surface area contributed by atoms with E-state index in [1.165, 1.54) is 27.9 Å². The van der Waals surface area contributed by atoms with Crippen LogP contribution < -0.4 is 4.74 Å². The standard InChI is InChI=1S/C23H27N3O/c1-17-5-3-6-18(13-17)16-26-11-9-19(10-12-26)23-22(15-24-25-23)20-7-4-8-21(14-20)27-2/h3-8,13-15,19H,9-12,16H2,1-2H3,(H,24,25). The predicted molar refractivity (Wildman–Crippen MR) is 109 cm³/mol. The summed E-state index contributed by atoms with van der Waals surface area (Å²) in [5.41, 5.74) is 6.37. The first-order chi connectivity index (χ1) is 13.2. The number of likely N-dealkylation sites (tertiary alicyclic amines) is 1. The third-order valence-corrected chi connectivity index (χ3v) is 5.53. The minimum Gasteiger partial charge on any atom is -0.497 e. The predicted octanol–water partition coefficient (Wildman–Crippen LogP) is 4.77. The van der Waals surface area contributed by atoms with Gasteiger partial charge < -0.3 is 4.74 Å². The van der Waals surface area contributed by atoms with E-state index in [2.05, 4.69) is 58.4 Å². The molecule has 3 aromatic rings. The van der Waals surface area contributed by atoms with Crippen LogP contribution in [0.1, 0.15) is 35.6 Å². The summed E-state index contributed by atoms with van der Waals surface area (Å²) in [6.07, 6.45) is 4.26. The van der Waals surface area contributed by atoms with Gasteiger partial charge in [0.05, 0.1) is 13.3 Å². The van der Waals surface area contributed by atoms with Crippen molar-refractivity contribution < 1.29 is 4.74 Å². The van der Waals surface area contributed by atoms with Gasteiger partial charge in [0.15, 0.2) is 0 Å². The van der Waals surface area contributed by atoms with E-state index in [1.807, 2.05) is 18.3 Å². The van der Waals surface area contributed by atoms with Gasteiger partial charge in [0.2, 0.25) is 0 Å². The first-order valence-corrected chi connectivity index (χ1v) is 9.68. The number of methoxy groups -OCH3 is 1. The van der Waals surface area contributed by atoms with Gasteiger partial charge in [-0.2, -0.15) is 5.10 Å². The summed E-state index contributed by atoms with van der Waals surface area (Å²) in [4.78, 5) is 2.56. The van der Waals surface area contributed by atoms with E-state index in [0.717, 1.165) is 38.2 Å². The minimum atomic E-state index is 0.530. The Balaban J connectivity index is 1.44. The molecule has 1 fully saturated rings. The molecule has 1 saturated heterocycles. The van der Waals surface area contributed by atoms with Crippen molar-refractivity contribution >= 4 is 0 Å². The maximum absolute atomic E-state index is 5.38. The second-order valence-corrected chi connectivity index (χ2v) is 7.47. The number of hydrogen-bond donors (Lipinski definition) is 1. The van der Waals surface area contributed by atoms with Crippen LogP contribution in [0.15, 0.2) is 54.7 Å². The number of nitrogens with one attached hydrogen (secondary N) is 1. The maximum atomic E-state index is 5.38. The molecule has 0 saturated carbocycles. The van der Waals surface area contributed by atoms with Gasteiger partial charge in [0, 0.05) is 23.7 Å². The van der Waals surface area contributed by atoms with E-state index in [9.17, 15) is 0 Å². The van der Waals surface area contributed by atoms with Gasteiger partial charge >= 0.3 is 0 Å². The van der Waals surface area contributed by atoms with E-state index in [0.29, 0.717) is 5.92 Å². The number of aromatic nitrogens is 2. The van der Waals surface area contributed by atoms with Crippen molar-refractivity contribution in [3.63, 3.8) is 0 Å². The van der Waals surface area contributed by atoms with Gasteiger partial charge in [-0.25, -0.2) is 0 Å². The number of nitrogens with zero attached hydrogens (tertiary/aromatic N) is 2. The molecular formula is C23H27N3O. The SMILES string of the molecule is COc1cccc(-c2cn[nH]c2C2CCN(Cc3cccc(C)c3)CC2)c1. The van der Waals surface area contributed by atoms with Crippen molar-refractivity contribution in [2.45, 2.75) is 32.2 Å². The van der Waals surface area contributed by atoms with Gasteiger partial charge in [-0.3, -0.25) is 10.00 Å². The molecule has 140 valence electrons. The van der Waals surface area contributed by atoms with Crippen LogP contribution in [0.2, 0.25) is 0 Å². The van der Waals surface area contributed by atoms with Crippen LogP contribution in [0.3, 0.4) is 0 Å². The monoisotopic (exact) mass is 361 g/mol. The molecule has 1 N–H and O–H groups in total. The zero-order chi connectivity index (χ0) is 18.6. The van der Waals surface area contributed by atoms with E-state index < -0.39 is 0 Å². The molecule has 4 rings (SSSR count). The van der Waals surface area contributed by atoms with E-state index in [1.54, 1.807) is 7.11 Å². The number of aryl methyl sites for hydroxylation is 1. The molecule has 0 spiro atoms. The van der Waals surface area contributed by atoms with Gasteiger partial charge in [0.25, 0.3) is 0 Å². The second-order valence-electron chi connectivity index (χ2n) is 7.47. The summed E-state index contributed by atoms with van der Waals surface area (Å²) in [5.74, 6) is 1.41. The van der Waals surface area contributed by atoms with Crippen LogP contribution >= 0.6 is 0 Å². The van der Waals surface area contributed by atoms with Crippen molar-refractivity contribution in [2.24, 2.45) is 0 Å². The normalized spacial score (nSPS) is 15.8. The van der Waals surface area contributed by atoms with Gasteiger partial charge in [-0.05, 0) is 56.1 Å². The number of piperidine rings is 1. The van der Waals surface area contributed by atoms with Crippen LogP contribution in [0.4, 0.5) is 0 Å². The van der Waals surface area contributed by atoms with Gasteiger partial charge in [-0.1, -0.05) is 42.0 Å². The summed E-state index contributed by atoms with van der Waals surface area (Å²) in [6, 6.07) is 17.1. The largest absolute Gasteiger partial charge is 0.497 e. The number of H-pyrrole nitrogens is 1. The molecule has 0 bridgehead atoms. The molecule has 1 aliphatic heterocycles. The number of aromatic amines is 1. The molecule has 0 atom stereocenters. The number of ether oxygens (including phenoxy) is 1. The molecule has 2 aromatic carbocycles. The molecule has 0 amide bonds. The fraction of sp³-hybridized carbons (Fsp3) is 0.348. The Kier molecular flexibility index (Phi) is 5.26. The van der Waals surface area contributed by atoms with E-state index >= 15 is 0 Å². The Morgan fingerprint density at radius 3 is 2.70 bits per heavy atom. The molecule has 4 nitrogen and oxygen atoms in total. The summed E-state index contributed by atoms with van der Waals surface area (Å²) in [5, 5.41) is 7.62. The molecule has 1 aromatic heterocycles. The Labute approximate surface area is 161 Å². The van der Waals surface area contributed by atoms with E-state index in [-0.39, 0.29) is 0 Å². The number of benzene rings is 2. The Morgan fingerprint density at radius 2 is 1.93 bits per heavy atom. The number of rotatable bonds is 5. The Bertz CT molecular complexity index is 894. The lowest BCUT2D eigenvalue weighted by molar-refractivity contribution is 0.203. The Morgan fingerprint density at radius 1 is 1.11 bits per heavy atom. The summed E-state index contributed by atoms with van der Waals surface area (Å²) in [7, 11) is 1.71. The van der Waals surface area contributed by atoms with Crippen LogP contribution in [-0.4, -0.2) is 35.3 Å². The van der Waals surface area contributed by atoms with Crippen molar-refractivity contribution in [3.8, 4) is 16.9 Å². The topological polar surface area (TPSA) is 41.1 Å². The fourth-order valence-electron chi connectivity index (χ4n) is 4.08. The fourth-order valence-corrected chi connectivity index (χ4v) is 4.08. The number of hydrogen-bond acceptors (Lipinski definition) is 3. The van der Waals surface area contributed by atoms with Crippen LogP contribution in [0.5, 0.6) is 5.75 Å². The third-order valence-electron chi connectivity index (χ3n) is 5.53. The van der Waals surface area contributed by atoms with Gasteiger partial charge in [-0.15, -0.1) is 0 Å². The minimum absolute atomic E-state index is 0.530. The van der Waals surface area contributed by atoms with Crippen LogP contribution in [-0.2, 0) is 6.54 Å². The maximum Gasteiger partial charge on any atom is 0.119 e. The van der Waals surface area contributed by atoms with Crippen molar-refractivity contribution in [1.29, 1.82) is 0 Å². The van der Waals surface area contributed by atoms with E-state index in [4.69, 9.17) is 4.74 Å². The van der Waals surface area contributed by atoms with Crippen LogP contribution in [0, 0.1) is 6.92 Å². The molecule has 2 heterocycles. The molecule has 27 heavy (non-hydrogen) atoms. The molecule has 4 heteroatoms. The van der Waals surface area contributed by atoms with Crippen molar-refractivity contribution in [3.05, 3.63) is 71.5 Å². The molecule has 0 aliphatic carbocycles. The lowest BCUT2D eigenvalue weighted by Gasteiger charge is -2.32. The summed E-state index contributed by atoms with van der Waals surface area (Å²) in [6.45, 7) is 5.44. The first kappa shape index (κ1) is 17.8. The third kappa shape index (κ3) is 4.06. The highest BCUT2D eigenvalue weighted by molar-refractivity contribution is 5.67. The first-order valence-electron chi connectivity index (χ1n) is 9.68. The molecule has 0 unspecified atom stereocenters. The quantitative estimate of drug-likeness (QED) is 0.711. The van der Waals surface area contributed by atoms with Crippen LogP contribution in [0.25, 0.3) is 11.1 Å². The summed E-state index contributed by atoms with van der Waals surface area (Å²) < 4.78 is 5.38.